The average molecular weight is 307 g/mol. The highest BCUT2D eigenvalue weighted by molar-refractivity contribution is 7.80. The normalized spacial score (nSPS) is 21.6. The number of hydrogen-bond acceptors (Lipinski definition) is 3. The van der Waals surface area contributed by atoms with E-state index in [9.17, 15) is 10.1 Å². The van der Waals surface area contributed by atoms with E-state index in [0.29, 0.717) is 28.3 Å². The minimum absolute atomic E-state index is 0.105. The predicted octanol–water partition coefficient (Wildman–Crippen LogP) is 3.77. The molecule has 0 bridgehead atoms. The predicted molar refractivity (Wildman–Crippen MR) is 88.6 cm³/mol. The van der Waals surface area contributed by atoms with E-state index in [0.717, 1.165) is 6.42 Å². The van der Waals surface area contributed by atoms with Gasteiger partial charge >= 0.3 is 0 Å². The molecule has 0 saturated heterocycles. The van der Waals surface area contributed by atoms with Crippen molar-refractivity contribution in [2.75, 3.05) is 5.32 Å². The molecule has 2 rings (SSSR count). The first-order chi connectivity index (χ1) is 9.97. The van der Waals surface area contributed by atoms with Crippen LogP contribution < -0.4 is 10.6 Å². The van der Waals surface area contributed by atoms with Crippen LogP contribution in [0.5, 0.6) is 0 Å². The highest BCUT2D eigenvalue weighted by Crippen LogP contribution is 2.25. The second-order valence-corrected chi connectivity index (χ2v) is 6.13. The summed E-state index contributed by atoms with van der Waals surface area (Å²) >= 11 is 5.32. The molecule has 2 N–H and O–H groups in total. The molecule has 0 spiro atoms. The first-order valence-electron chi connectivity index (χ1n) is 7.30. The van der Waals surface area contributed by atoms with Crippen LogP contribution in [0.1, 0.15) is 38.2 Å². The molecule has 1 fully saturated rings. The van der Waals surface area contributed by atoms with E-state index in [1.165, 1.54) is 25.3 Å². The van der Waals surface area contributed by atoms with Crippen molar-refractivity contribution in [3.63, 3.8) is 0 Å². The fraction of sp³-hybridized carbons (Fsp3) is 0.533. The van der Waals surface area contributed by atoms with Crippen LogP contribution in [0.4, 0.5) is 11.4 Å². The molecule has 0 radical (unpaired) electrons. The summed E-state index contributed by atoms with van der Waals surface area (Å²) in [5.41, 5.74) is 1.40. The lowest BCUT2D eigenvalue weighted by atomic mass is 9.86. The van der Waals surface area contributed by atoms with Crippen molar-refractivity contribution < 1.29 is 4.92 Å². The van der Waals surface area contributed by atoms with Gasteiger partial charge in [0, 0.05) is 23.4 Å². The third kappa shape index (κ3) is 4.14. The summed E-state index contributed by atoms with van der Waals surface area (Å²) in [6.45, 7) is 3.96. The number of nitrogens with zero attached hydrogens (tertiary/aromatic N) is 1. The van der Waals surface area contributed by atoms with E-state index in [4.69, 9.17) is 12.2 Å². The number of benzene rings is 1. The van der Waals surface area contributed by atoms with E-state index in [1.54, 1.807) is 19.1 Å². The Labute approximate surface area is 130 Å². The molecule has 0 unspecified atom stereocenters. The number of nitro groups is 1. The SMILES string of the molecule is Cc1ccc(NC(=S)N[C@H]2CCCC[C@@H]2C)cc1[N+](=O)[O-]. The first-order valence-corrected chi connectivity index (χ1v) is 7.71. The summed E-state index contributed by atoms with van der Waals surface area (Å²) in [5.74, 6) is 0.603. The fourth-order valence-electron chi connectivity index (χ4n) is 2.75. The second kappa shape index (κ2) is 6.85. The molecule has 5 nitrogen and oxygen atoms in total. The molecule has 0 aromatic heterocycles. The van der Waals surface area contributed by atoms with Crippen LogP contribution in [-0.4, -0.2) is 16.1 Å². The van der Waals surface area contributed by atoms with Gasteiger partial charge in [0.25, 0.3) is 5.69 Å². The third-order valence-electron chi connectivity index (χ3n) is 4.09. The number of nitro benzene ring substituents is 1. The van der Waals surface area contributed by atoms with Gasteiger partial charge in [-0.05, 0) is 44.0 Å². The van der Waals surface area contributed by atoms with Crippen LogP contribution in [0.2, 0.25) is 0 Å². The Morgan fingerprint density at radius 3 is 2.76 bits per heavy atom. The lowest BCUT2D eigenvalue weighted by molar-refractivity contribution is -0.385. The Morgan fingerprint density at radius 2 is 2.10 bits per heavy atom. The standard InChI is InChI=1S/C15H21N3O2S/c1-10-5-3-4-6-13(10)17-15(21)16-12-8-7-11(2)14(9-12)18(19)20/h7-10,13H,3-6H2,1-2H3,(H2,16,17,21)/t10-,13-/m0/s1. The highest BCUT2D eigenvalue weighted by atomic mass is 32.1. The molecule has 6 heteroatoms. The zero-order valence-corrected chi connectivity index (χ0v) is 13.2. The quantitative estimate of drug-likeness (QED) is 0.505. The van der Waals surface area contributed by atoms with Crippen molar-refractivity contribution in [3.05, 3.63) is 33.9 Å². The molecule has 114 valence electrons. The lowest BCUT2D eigenvalue weighted by Crippen LogP contribution is -2.43. The van der Waals surface area contributed by atoms with Crippen molar-refractivity contribution in [3.8, 4) is 0 Å². The molecule has 21 heavy (non-hydrogen) atoms. The zero-order valence-electron chi connectivity index (χ0n) is 12.4. The van der Waals surface area contributed by atoms with Crippen LogP contribution in [0, 0.1) is 23.0 Å². The molecular weight excluding hydrogens is 286 g/mol. The molecular formula is C15H21N3O2S. The van der Waals surface area contributed by atoms with Gasteiger partial charge in [0.15, 0.2) is 5.11 Å². The van der Waals surface area contributed by atoms with Crippen LogP contribution >= 0.6 is 12.2 Å². The van der Waals surface area contributed by atoms with Gasteiger partial charge in [-0.15, -0.1) is 0 Å². The average Bonchev–Trinajstić information content (AvgIpc) is 2.43. The molecule has 0 amide bonds. The van der Waals surface area contributed by atoms with Crippen LogP contribution in [0.25, 0.3) is 0 Å². The topological polar surface area (TPSA) is 67.2 Å². The molecule has 1 aromatic carbocycles. The monoisotopic (exact) mass is 307 g/mol. The highest BCUT2D eigenvalue weighted by Gasteiger charge is 2.21. The minimum Gasteiger partial charge on any atom is -0.359 e. The van der Waals surface area contributed by atoms with Gasteiger partial charge in [-0.3, -0.25) is 10.1 Å². The van der Waals surface area contributed by atoms with Crippen molar-refractivity contribution in [1.29, 1.82) is 0 Å². The summed E-state index contributed by atoms with van der Waals surface area (Å²) in [6.07, 6.45) is 4.84. The van der Waals surface area contributed by atoms with E-state index < -0.39 is 0 Å². The van der Waals surface area contributed by atoms with Gasteiger partial charge in [-0.25, -0.2) is 0 Å². The van der Waals surface area contributed by atoms with Crippen LogP contribution in [0.3, 0.4) is 0 Å². The Morgan fingerprint density at radius 1 is 1.38 bits per heavy atom. The van der Waals surface area contributed by atoms with E-state index in [2.05, 4.69) is 17.6 Å². The number of thiocarbonyl (C=S) groups is 1. The van der Waals surface area contributed by atoms with E-state index in [-0.39, 0.29) is 10.6 Å². The van der Waals surface area contributed by atoms with Crippen molar-refractivity contribution >= 4 is 28.7 Å². The van der Waals surface area contributed by atoms with Crippen molar-refractivity contribution in [2.45, 2.75) is 45.6 Å². The lowest BCUT2D eigenvalue weighted by Gasteiger charge is -2.30. The minimum atomic E-state index is -0.375. The van der Waals surface area contributed by atoms with Gasteiger partial charge < -0.3 is 10.6 Å². The first kappa shape index (κ1) is 15.7. The molecule has 1 saturated carbocycles. The summed E-state index contributed by atoms with van der Waals surface area (Å²) in [5, 5.41) is 17.9. The van der Waals surface area contributed by atoms with Gasteiger partial charge in [0.1, 0.15) is 0 Å². The molecule has 1 aliphatic carbocycles. The number of hydrogen-bond donors (Lipinski definition) is 2. The van der Waals surface area contributed by atoms with E-state index in [1.807, 2.05) is 0 Å². The van der Waals surface area contributed by atoms with Crippen LogP contribution in [0.15, 0.2) is 18.2 Å². The van der Waals surface area contributed by atoms with Crippen molar-refractivity contribution in [2.24, 2.45) is 5.92 Å². The maximum absolute atomic E-state index is 10.9. The zero-order chi connectivity index (χ0) is 15.4. The summed E-state index contributed by atoms with van der Waals surface area (Å²) < 4.78 is 0. The third-order valence-corrected chi connectivity index (χ3v) is 4.31. The van der Waals surface area contributed by atoms with Gasteiger partial charge in [-0.1, -0.05) is 25.8 Å². The van der Waals surface area contributed by atoms with E-state index >= 15 is 0 Å². The summed E-state index contributed by atoms with van der Waals surface area (Å²) in [4.78, 5) is 10.6. The summed E-state index contributed by atoms with van der Waals surface area (Å²) in [6, 6.07) is 5.44. The number of anilines is 1. The van der Waals surface area contributed by atoms with Gasteiger partial charge in [0.2, 0.25) is 0 Å². The Balaban J connectivity index is 1.99. The fourth-order valence-corrected chi connectivity index (χ4v) is 3.02. The smallest absolute Gasteiger partial charge is 0.274 e. The van der Waals surface area contributed by atoms with Crippen LogP contribution in [-0.2, 0) is 0 Å². The molecule has 2 atom stereocenters. The Hall–Kier alpha value is -1.69. The molecule has 1 aliphatic rings. The molecule has 1 aromatic rings. The molecule has 0 aliphatic heterocycles. The Bertz CT molecular complexity index is 548. The van der Waals surface area contributed by atoms with Crippen molar-refractivity contribution in [1.82, 2.24) is 5.32 Å². The summed E-state index contributed by atoms with van der Waals surface area (Å²) in [7, 11) is 0. The maximum atomic E-state index is 10.9. The number of aryl methyl sites for hydroxylation is 1. The molecule has 0 heterocycles. The largest absolute Gasteiger partial charge is 0.359 e. The Kier molecular flexibility index (Phi) is 5.12. The second-order valence-electron chi connectivity index (χ2n) is 5.73. The number of nitrogens with one attached hydrogen (secondary N) is 2. The number of rotatable bonds is 3. The van der Waals surface area contributed by atoms with Gasteiger partial charge in [0.05, 0.1) is 4.92 Å². The maximum Gasteiger partial charge on any atom is 0.274 e. The van der Waals surface area contributed by atoms with Gasteiger partial charge in [-0.2, -0.15) is 0 Å².